The van der Waals surface area contributed by atoms with Crippen molar-refractivity contribution >= 4 is 28.8 Å². The van der Waals surface area contributed by atoms with Crippen LogP contribution in [0.1, 0.15) is 77.8 Å². The molecule has 8 heteroatoms. The molecule has 4 rings (SSSR count). The van der Waals surface area contributed by atoms with Gasteiger partial charge in [-0.1, -0.05) is 83.7 Å². The monoisotopic (exact) mass is 533 g/mol. The molecule has 1 fully saturated rings. The molecular formula is C31H47N7O. The van der Waals surface area contributed by atoms with Crippen molar-refractivity contribution < 1.29 is 4.79 Å². The third kappa shape index (κ3) is 7.70. The predicted octanol–water partition coefficient (Wildman–Crippen LogP) is 5.90. The van der Waals surface area contributed by atoms with Crippen molar-refractivity contribution in [3.05, 3.63) is 41.7 Å². The highest BCUT2D eigenvalue weighted by atomic mass is 16.2. The third-order valence-corrected chi connectivity index (χ3v) is 7.59. The van der Waals surface area contributed by atoms with Crippen LogP contribution in [-0.2, 0) is 11.3 Å². The Labute approximate surface area is 234 Å². The summed E-state index contributed by atoms with van der Waals surface area (Å²) in [6.45, 7) is 17.4. The van der Waals surface area contributed by atoms with Gasteiger partial charge in [0.2, 0.25) is 11.9 Å². The van der Waals surface area contributed by atoms with Crippen LogP contribution in [0.3, 0.4) is 0 Å². The van der Waals surface area contributed by atoms with E-state index in [9.17, 15) is 4.79 Å². The fraction of sp³-hybridized carbons (Fsp3) is 0.613. The van der Waals surface area contributed by atoms with Gasteiger partial charge in [0.05, 0.1) is 12.9 Å². The van der Waals surface area contributed by atoms with Crippen LogP contribution in [-0.4, -0.2) is 63.0 Å². The molecule has 1 saturated heterocycles. The zero-order chi connectivity index (χ0) is 28.0. The number of rotatable bonds is 11. The largest absolute Gasteiger partial charge is 0.368 e. The molecule has 1 atom stereocenters. The smallest absolute Gasteiger partial charge is 0.229 e. The molecule has 0 saturated carbocycles. The van der Waals surface area contributed by atoms with E-state index in [-0.39, 0.29) is 11.3 Å². The average Bonchev–Trinajstić information content (AvgIpc) is 3.30. The summed E-state index contributed by atoms with van der Waals surface area (Å²) < 4.78 is 2.12. The second-order valence-electron chi connectivity index (χ2n) is 12.3. The number of carbonyl (C=O) groups excluding carboxylic acids is 1. The number of amides is 1. The van der Waals surface area contributed by atoms with Gasteiger partial charge in [0.25, 0.3) is 0 Å². The van der Waals surface area contributed by atoms with Gasteiger partial charge in [-0.2, -0.15) is 9.97 Å². The molecule has 8 nitrogen and oxygen atoms in total. The SMILES string of the molecule is CCCCC(CC)CNc1nc(N2CCN(C(=O)CC(C)(C)C)CC2)nc2c1ncn2Cc1cccc(C)c1. The highest BCUT2D eigenvalue weighted by molar-refractivity contribution is 5.84. The van der Waals surface area contributed by atoms with Crippen LogP contribution < -0.4 is 10.2 Å². The zero-order valence-electron chi connectivity index (χ0n) is 24.8. The molecule has 3 heterocycles. The van der Waals surface area contributed by atoms with Crippen LogP contribution in [0.4, 0.5) is 11.8 Å². The normalized spacial score (nSPS) is 15.1. The fourth-order valence-electron chi connectivity index (χ4n) is 5.23. The van der Waals surface area contributed by atoms with E-state index in [0.717, 1.165) is 43.0 Å². The van der Waals surface area contributed by atoms with Gasteiger partial charge >= 0.3 is 0 Å². The zero-order valence-corrected chi connectivity index (χ0v) is 24.8. The summed E-state index contributed by atoms with van der Waals surface area (Å²) in [5.41, 5.74) is 4.12. The molecule has 3 aromatic rings. The molecule has 1 N–H and O–H groups in total. The Morgan fingerprint density at radius 2 is 1.87 bits per heavy atom. The molecule has 1 amide bonds. The van der Waals surface area contributed by atoms with Gasteiger partial charge in [0.1, 0.15) is 0 Å². The lowest BCUT2D eigenvalue weighted by molar-refractivity contribution is -0.133. The molecule has 2 aromatic heterocycles. The number of hydrogen-bond acceptors (Lipinski definition) is 6. The number of nitrogens with zero attached hydrogens (tertiary/aromatic N) is 6. The average molecular weight is 534 g/mol. The second kappa shape index (κ2) is 12.8. The first-order chi connectivity index (χ1) is 18.7. The lowest BCUT2D eigenvalue weighted by Crippen LogP contribution is -2.49. The number of fused-ring (bicyclic) bond motifs is 1. The minimum Gasteiger partial charge on any atom is -0.368 e. The summed E-state index contributed by atoms with van der Waals surface area (Å²) in [6, 6.07) is 8.57. The van der Waals surface area contributed by atoms with Crippen molar-refractivity contribution in [1.29, 1.82) is 0 Å². The summed E-state index contributed by atoms with van der Waals surface area (Å²) in [4.78, 5) is 31.8. The van der Waals surface area contributed by atoms with Crippen LogP contribution in [0.5, 0.6) is 0 Å². The Balaban J connectivity index is 1.59. The molecule has 1 aliphatic heterocycles. The lowest BCUT2D eigenvalue weighted by atomic mass is 9.91. The molecule has 0 bridgehead atoms. The minimum absolute atomic E-state index is 0.00782. The Kier molecular flexibility index (Phi) is 9.46. The van der Waals surface area contributed by atoms with Gasteiger partial charge in [-0.3, -0.25) is 4.79 Å². The maximum Gasteiger partial charge on any atom is 0.229 e. The van der Waals surface area contributed by atoms with E-state index in [4.69, 9.17) is 15.0 Å². The maximum absolute atomic E-state index is 12.8. The number of aryl methyl sites for hydroxylation is 1. The summed E-state index contributed by atoms with van der Waals surface area (Å²) in [5.74, 6) is 2.35. The van der Waals surface area contributed by atoms with E-state index >= 15 is 0 Å². The molecule has 1 aromatic carbocycles. The fourth-order valence-corrected chi connectivity index (χ4v) is 5.23. The van der Waals surface area contributed by atoms with Crippen molar-refractivity contribution in [2.24, 2.45) is 11.3 Å². The minimum atomic E-state index is -0.00782. The first-order valence-corrected chi connectivity index (χ1v) is 14.7. The van der Waals surface area contributed by atoms with Crippen molar-refractivity contribution in [2.45, 2.75) is 80.2 Å². The van der Waals surface area contributed by atoms with Crippen LogP contribution in [0.2, 0.25) is 0 Å². The number of benzene rings is 1. The van der Waals surface area contributed by atoms with Crippen LogP contribution in [0.25, 0.3) is 11.2 Å². The first kappa shape index (κ1) is 28.8. The van der Waals surface area contributed by atoms with Crippen molar-refractivity contribution in [3.8, 4) is 0 Å². The number of aromatic nitrogens is 4. The predicted molar refractivity (Wildman–Crippen MR) is 160 cm³/mol. The molecule has 0 radical (unpaired) electrons. The van der Waals surface area contributed by atoms with E-state index < -0.39 is 0 Å². The molecule has 1 aliphatic rings. The van der Waals surface area contributed by atoms with Gasteiger partial charge in [0, 0.05) is 39.1 Å². The van der Waals surface area contributed by atoms with Crippen LogP contribution in [0.15, 0.2) is 30.6 Å². The molecular weight excluding hydrogens is 486 g/mol. The number of piperazine rings is 1. The van der Waals surface area contributed by atoms with E-state index in [1.54, 1.807) is 0 Å². The number of imidazole rings is 1. The molecule has 1 unspecified atom stereocenters. The maximum atomic E-state index is 12.8. The number of hydrogen-bond donors (Lipinski definition) is 1. The van der Waals surface area contributed by atoms with Gasteiger partial charge < -0.3 is 19.7 Å². The van der Waals surface area contributed by atoms with Gasteiger partial charge in [-0.25, -0.2) is 4.98 Å². The quantitative estimate of drug-likeness (QED) is 0.331. The Morgan fingerprint density at radius 1 is 1.10 bits per heavy atom. The summed E-state index contributed by atoms with van der Waals surface area (Å²) in [7, 11) is 0. The lowest BCUT2D eigenvalue weighted by Gasteiger charge is -2.36. The standard InChI is InChI=1S/C31H47N7O/c1-7-9-12-24(8-2)20-32-28-27-29(38(22-33-27)21-25-13-10-11-23(3)18-25)35-30(34-28)37-16-14-36(15-17-37)26(39)19-31(4,5)6/h10-11,13,18,22,24H,7-9,12,14-17,19-21H2,1-6H3,(H,32,34,35). The second-order valence-corrected chi connectivity index (χ2v) is 12.3. The first-order valence-electron chi connectivity index (χ1n) is 14.7. The van der Waals surface area contributed by atoms with Crippen molar-refractivity contribution in [1.82, 2.24) is 24.4 Å². The molecule has 39 heavy (non-hydrogen) atoms. The Morgan fingerprint density at radius 3 is 2.54 bits per heavy atom. The van der Waals surface area contributed by atoms with Crippen LogP contribution in [0, 0.1) is 18.3 Å². The summed E-state index contributed by atoms with van der Waals surface area (Å²) in [5, 5.41) is 3.65. The highest BCUT2D eigenvalue weighted by Gasteiger charge is 2.27. The third-order valence-electron chi connectivity index (χ3n) is 7.59. The van der Waals surface area contributed by atoms with Gasteiger partial charge in [-0.05, 0) is 30.2 Å². The van der Waals surface area contributed by atoms with Gasteiger partial charge in [-0.15, -0.1) is 0 Å². The topological polar surface area (TPSA) is 79.2 Å². The molecule has 0 spiro atoms. The number of carbonyl (C=O) groups is 1. The number of anilines is 2. The van der Waals surface area contributed by atoms with E-state index in [0.29, 0.717) is 37.9 Å². The molecule has 212 valence electrons. The van der Waals surface area contributed by atoms with E-state index in [1.807, 2.05) is 11.2 Å². The Hall–Kier alpha value is -3.16. The Bertz CT molecular complexity index is 1240. The van der Waals surface area contributed by atoms with Crippen LogP contribution >= 0.6 is 0 Å². The summed E-state index contributed by atoms with van der Waals surface area (Å²) >= 11 is 0. The summed E-state index contributed by atoms with van der Waals surface area (Å²) in [6.07, 6.45) is 7.26. The highest BCUT2D eigenvalue weighted by Crippen LogP contribution is 2.26. The van der Waals surface area contributed by atoms with E-state index in [2.05, 4.69) is 80.6 Å². The van der Waals surface area contributed by atoms with Crippen molar-refractivity contribution in [3.63, 3.8) is 0 Å². The number of nitrogens with one attached hydrogen (secondary N) is 1. The van der Waals surface area contributed by atoms with E-state index in [1.165, 1.54) is 30.4 Å². The van der Waals surface area contributed by atoms with Gasteiger partial charge in [0.15, 0.2) is 17.0 Å². The number of unbranched alkanes of at least 4 members (excludes halogenated alkanes) is 1. The van der Waals surface area contributed by atoms with Crippen molar-refractivity contribution in [2.75, 3.05) is 42.9 Å². The molecule has 0 aliphatic carbocycles.